The SMILES string of the molecule is COP(Oc1ccccc1C1OCCCO1)Oc1c(C)cc(C)c(C)c1-c1c(C)c(C)cc(C)c1OP(Oc1ccccc1C1OCCCO1)Oc1ccccc1C1OCCCO1. The number of rotatable bonds is 15. The van der Waals surface area contributed by atoms with Crippen LogP contribution in [-0.2, 0) is 32.9 Å². The van der Waals surface area contributed by atoms with E-state index in [2.05, 4.69) is 39.8 Å². The standard InChI is InChI=1S/C49H56O12P2/c1-31-29-33(3)45(60-62(50-7)57-40-20-11-8-17-37(40)47-51-23-14-24-52-47)43(35(31)5)44-36(6)32(2)30-34(4)46(44)61-63(58-41-21-12-9-18-38(41)48-53-25-15-26-54-48)59-42-22-13-10-19-39(42)49-55-27-16-28-56-49/h8-13,17-22,29-30,47-49H,14-16,23-28H2,1-7H3. The highest BCUT2D eigenvalue weighted by molar-refractivity contribution is 7.43. The summed E-state index contributed by atoms with van der Waals surface area (Å²) >= 11 is 0. The van der Waals surface area contributed by atoms with Gasteiger partial charge in [-0.3, -0.25) is 4.52 Å². The minimum absolute atomic E-state index is 0.514. The molecule has 3 saturated heterocycles. The van der Waals surface area contributed by atoms with E-state index in [1.807, 2.05) is 86.6 Å². The van der Waals surface area contributed by atoms with Crippen LogP contribution >= 0.6 is 17.2 Å². The van der Waals surface area contributed by atoms with Gasteiger partial charge in [-0.25, -0.2) is 0 Å². The van der Waals surface area contributed by atoms with Gasteiger partial charge in [0, 0.05) is 18.2 Å². The average Bonchev–Trinajstić information content (AvgIpc) is 3.31. The van der Waals surface area contributed by atoms with Crippen LogP contribution in [0.3, 0.4) is 0 Å². The molecule has 3 heterocycles. The van der Waals surface area contributed by atoms with Crippen molar-refractivity contribution in [3.8, 4) is 39.9 Å². The van der Waals surface area contributed by atoms with Crippen molar-refractivity contribution in [3.63, 3.8) is 0 Å². The molecule has 0 aromatic heterocycles. The van der Waals surface area contributed by atoms with Crippen LogP contribution < -0.4 is 22.6 Å². The van der Waals surface area contributed by atoms with E-state index in [-0.39, 0.29) is 0 Å². The Balaban J connectivity index is 1.21. The first-order valence-electron chi connectivity index (χ1n) is 21.4. The zero-order chi connectivity index (χ0) is 43.9. The van der Waals surface area contributed by atoms with Crippen molar-refractivity contribution in [1.82, 2.24) is 0 Å². The van der Waals surface area contributed by atoms with Crippen molar-refractivity contribution >= 4 is 17.2 Å². The van der Waals surface area contributed by atoms with Crippen LogP contribution in [0.4, 0.5) is 0 Å². The van der Waals surface area contributed by atoms with E-state index in [0.717, 1.165) is 80.5 Å². The van der Waals surface area contributed by atoms with Gasteiger partial charge >= 0.3 is 17.2 Å². The number of hydrogen-bond donors (Lipinski definition) is 0. The highest BCUT2D eigenvalue weighted by Crippen LogP contribution is 2.55. The van der Waals surface area contributed by atoms with Crippen LogP contribution in [0.25, 0.3) is 11.1 Å². The quantitative estimate of drug-likeness (QED) is 0.0933. The molecule has 0 N–H and O–H groups in total. The largest absolute Gasteiger partial charge is 0.530 e. The van der Waals surface area contributed by atoms with E-state index in [0.29, 0.717) is 68.4 Å². The molecule has 0 spiro atoms. The topological polar surface area (TPSA) is 111 Å². The van der Waals surface area contributed by atoms with Gasteiger partial charge in [-0.2, -0.15) is 0 Å². The molecule has 0 radical (unpaired) electrons. The van der Waals surface area contributed by atoms with Gasteiger partial charge in [-0.15, -0.1) is 0 Å². The smallest absolute Gasteiger partial charge is 0.417 e. The minimum Gasteiger partial charge on any atom is -0.417 e. The summed E-state index contributed by atoms with van der Waals surface area (Å²) in [5.74, 6) is 2.76. The summed E-state index contributed by atoms with van der Waals surface area (Å²) in [6.07, 6.45) is 0.703. The van der Waals surface area contributed by atoms with Crippen molar-refractivity contribution in [2.45, 2.75) is 79.7 Å². The van der Waals surface area contributed by atoms with E-state index in [1.165, 1.54) is 0 Å². The van der Waals surface area contributed by atoms with Gasteiger partial charge < -0.3 is 51.0 Å². The Morgan fingerprint density at radius 3 is 1.08 bits per heavy atom. The number of ether oxygens (including phenoxy) is 6. The number of para-hydroxylation sites is 3. The van der Waals surface area contributed by atoms with Crippen LogP contribution in [-0.4, -0.2) is 46.8 Å². The summed E-state index contributed by atoms with van der Waals surface area (Å²) in [6.45, 7) is 16.0. The fourth-order valence-corrected chi connectivity index (χ4v) is 9.83. The Kier molecular flexibility index (Phi) is 15.2. The molecule has 0 saturated carbocycles. The third kappa shape index (κ3) is 10.5. The summed E-state index contributed by atoms with van der Waals surface area (Å²) < 4.78 is 76.5. The zero-order valence-electron chi connectivity index (χ0n) is 37.0. The molecule has 12 nitrogen and oxygen atoms in total. The Hall–Kier alpha value is -4.32. The first-order chi connectivity index (χ1) is 30.7. The molecule has 5 aromatic carbocycles. The molecule has 0 bridgehead atoms. The van der Waals surface area contributed by atoms with E-state index in [1.54, 1.807) is 7.11 Å². The van der Waals surface area contributed by atoms with Crippen LogP contribution in [0.2, 0.25) is 0 Å². The highest BCUT2D eigenvalue weighted by Gasteiger charge is 2.33. The van der Waals surface area contributed by atoms with Crippen molar-refractivity contribution in [2.75, 3.05) is 46.8 Å². The second-order valence-corrected chi connectivity index (χ2v) is 17.8. The van der Waals surface area contributed by atoms with E-state index in [9.17, 15) is 0 Å². The van der Waals surface area contributed by atoms with E-state index >= 15 is 0 Å². The van der Waals surface area contributed by atoms with Crippen molar-refractivity contribution in [2.24, 2.45) is 0 Å². The molecule has 0 aliphatic carbocycles. The molecule has 1 unspecified atom stereocenters. The first-order valence-corrected chi connectivity index (χ1v) is 23.6. The van der Waals surface area contributed by atoms with Gasteiger partial charge in [0.2, 0.25) is 0 Å². The third-order valence-corrected chi connectivity index (χ3v) is 13.2. The maximum Gasteiger partial charge on any atom is 0.530 e. The second kappa shape index (κ2) is 21.1. The van der Waals surface area contributed by atoms with Crippen molar-refractivity contribution in [1.29, 1.82) is 0 Å². The summed E-state index contributed by atoms with van der Waals surface area (Å²) in [4.78, 5) is 0. The predicted octanol–water partition coefficient (Wildman–Crippen LogP) is 12.6. The molecule has 63 heavy (non-hydrogen) atoms. The van der Waals surface area contributed by atoms with Gasteiger partial charge in [0.15, 0.2) is 18.9 Å². The van der Waals surface area contributed by atoms with Gasteiger partial charge in [0.1, 0.15) is 28.7 Å². The lowest BCUT2D eigenvalue weighted by molar-refractivity contribution is -0.183. The van der Waals surface area contributed by atoms with Crippen LogP contribution in [0.15, 0.2) is 84.9 Å². The molecule has 334 valence electrons. The fraction of sp³-hybridized carbons (Fsp3) is 0.388. The monoisotopic (exact) mass is 898 g/mol. The molecular formula is C49H56O12P2. The lowest BCUT2D eigenvalue weighted by Crippen LogP contribution is -2.19. The molecule has 8 rings (SSSR count). The first kappa shape index (κ1) is 45.3. The Morgan fingerprint density at radius 1 is 0.413 bits per heavy atom. The second-order valence-electron chi connectivity index (χ2n) is 15.7. The molecule has 3 aliphatic rings. The molecule has 0 amide bonds. The summed E-state index contributed by atoms with van der Waals surface area (Å²) in [7, 11) is -2.63. The zero-order valence-corrected chi connectivity index (χ0v) is 38.8. The van der Waals surface area contributed by atoms with Crippen LogP contribution in [0.1, 0.15) is 88.2 Å². The fourth-order valence-electron chi connectivity index (χ4n) is 7.78. The summed E-state index contributed by atoms with van der Waals surface area (Å²) in [6, 6.07) is 27.2. The number of hydrogen-bond acceptors (Lipinski definition) is 12. The lowest BCUT2D eigenvalue weighted by atomic mass is 9.87. The number of aryl methyl sites for hydroxylation is 4. The van der Waals surface area contributed by atoms with Crippen molar-refractivity contribution < 1.29 is 55.6 Å². The highest BCUT2D eigenvalue weighted by atomic mass is 31.2. The van der Waals surface area contributed by atoms with E-state index < -0.39 is 36.1 Å². The Morgan fingerprint density at radius 2 is 0.730 bits per heavy atom. The van der Waals surface area contributed by atoms with Crippen LogP contribution in [0.5, 0.6) is 28.7 Å². The summed E-state index contributed by atoms with van der Waals surface area (Å²) in [5, 5.41) is 0. The molecule has 14 heteroatoms. The van der Waals surface area contributed by atoms with Crippen molar-refractivity contribution in [3.05, 3.63) is 135 Å². The maximum absolute atomic E-state index is 7.18. The van der Waals surface area contributed by atoms with Gasteiger partial charge in [0.25, 0.3) is 0 Å². The molecule has 5 aromatic rings. The molecule has 3 fully saturated rings. The van der Waals surface area contributed by atoms with Gasteiger partial charge in [0.05, 0.1) is 56.3 Å². The Bertz CT molecular complexity index is 2280. The molecular weight excluding hydrogens is 842 g/mol. The third-order valence-electron chi connectivity index (χ3n) is 11.2. The normalized spacial score (nSPS) is 17.1. The van der Waals surface area contributed by atoms with Gasteiger partial charge in [-0.05, 0) is 112 Å². The maximum atomic E-state index is 7.18. The summed E-state index contributed by atoms with van der Waals surface area (Å²) in [5.41, 5.74) is 9.85. The average molecular weight is 899 g/mol. The predicted molar refractivity (Wildman–Crippen MR) is 241 cm³/mol. The molecule has 3 aliphatic heterocycles. The Labute approximate surface area is 372 Å². The van der Waals surface area contributed by atoms with Gasteiger partial charge in [-0.1, -0.05) is 66.7 Å². The molecule has 1 atom stereocenters. The lowest BCUT2D eigenvalue weighted by Gasteiger charge is -2.29. The van der Waals surface area contributed by atoms with Crippen LogP contribution in [0, 0.1) is 41.5 Å². The minimum atomic E-state index is -2.24. The van der Waals surface area contributed by atoms with E-state index in [4.69, 9.17) is 55.6 Å². The number of benzene rings is 5.